The summed E-state index contributed by atoms with van der Waals surface area (Å²) in [5, 5.41) is 4.21. The topological polar surface area (TPSA) is 50.9 Å². The molecular weight excluding hydrogens is 264 g/mol. The molecule has 0 spiro atoms. The number of carbonyl (C=O) groups is 1. The Labute approximate surface area is 124 Å². The van der Waals surface area contributed by atoms with Crippen LogP contribution < -0.4 is 20.1 Å². The number of para-hydroxylation sites is 1. The van der Waals surface area contributed by atoms with Gasteiger partial charge in [0.05, 0.1) is 38.9 Å². The second-order valence-electron chi connectivity index (χ2n) is 5.98. The fourth-order valence-corrected chi connectivity index (χ4v) is 2.90. The van der Waals surface area contributed by atoms with Crippen molar-refractivity contribution in [2.24, 2.45) is 0 Å². The van der Waals surface area contributed by atoms with Gasteiger partial charge in [-0.05, 0) is 12.1 Å². The molecule has 1 aliphatic rings. The van der Waals surface area contributed by atoms with Gasteiger partial charge in [-0.1, -0.05) is 12.1 Å². The number of anilines is 2. The van der Waals surface area contributed by atoms with Crippen molar-refractivity contribution in [1.82, 2.24) is 0 Å². The molecule has 1 aliphatic heterocycles. The maximum atomic E-state index is 12.2. The van der Waals surface area contributed by atoms with E-state index in [1.165, 1.54) is 5.56 Å². The predicted molar refractivity (Wildman–Crippen MR) is 83.8 cm³/mol. The van der Waals surface area contributed by atoms with Crippen molar-refractivity contribution in [2.75, 3.05) is 44.4 Å². The van der Waals surface area contributed by atoms with E-state index in [0.717, 1.165) is 40.3 Å². The first-order chi connectivity index (χ1) is 10.1. The molecule has 5 heteroatoms. The Hall–Kier alpha value is -2.14. The van der Waals surface area contributed by atoms with Crippen LogP contribution in [-0.2, 0) is 11.2 Å². The molecule has 0 aliphatic carbocycles. The van der Waals surface area contributed by atoms with Crippen LogP contribution in [0.5, 0.6) is 0 Å². The summed E-state index contributed by atoms with van der Waals surface area (Å²) in [5.41, 5.74) is 3.23. The summed E-state index contributed by atoms with van der Waals surface area (Å²) in [4.78, 5) is 19.0. The van der Waals surface area contributed by atoms with Crippen LogP contribution >= 0.6 is 0 Å². The maximum Gasteiger partial charge on any atom is 0.280 e. The average Bonchev–Trinajstić information content (AvgIpc) is 2.79. The van der Waals surface area contributed by atoms with Gasteiger partial charge in [-0.3, -0.25) is 9.69 Å². The first-order valence-electron chi connectivity index (χ1n) is 7.33. The van der Waals surface area contributed by atoms with Gasteiger partial charge in [0, 0.05) is 11.8 Å². The summed E-state index contributed by atoms with van der Waals surface area (Å²) in [6.07, 6.45) is 0.956. The number of rotatable bonds is 3. The number of carbonyl (C=O) groups excluding carboxylic acids is 1. The summed E-state index contributed by atoms with van der Waals surface area (Å²) in [7, 11) is 6.04. The lowest BCUT2D eigenvalue weighted by molar-refractivity contribution is -0.849. The van der Waals surface area contributed by atoms with Gasteiger partial charge < -0.3 is 10.2 Å². The van der Waals surface area contributed by atoms with E-state index < -0.39 is 0 Å². The van der Waals surface area contributed by atoms with Crippen LogP contribution in [0.2, 0.25) is 0 Å². The molecule has 5 nitrogen and oxygen atoms in total. The number of likely N-dealkylation sites (N-methyl/N-ethyl adjacent to an activating group) is 2. The standard InChI is InChI=1S/C16H20N4O/c1-19(2)10-14(21)18-15-11-6-4-5-7-13(11)17-16-12(15)8-9-20(16)3/h4-7H,8-10H2,1-3H3,(H,17,18,21)/p+2. The van der Waals surface area contributed by atoms with Gasteiger partial charge >= 0.3 is 0 Å². The fourth-order valence-electron chi connectivity index (χ4n) is 2.90. The zero-order valence-electron chi connectivity index (χ0n) is 12.8. The monoisotopic (exact) mass is 286 g/mol. The molecule has 0 saturated carbocycles. The summed E-state index contributed by atoms with van der Waals surface area (Å²) < 4.78 is 0. The molecule has 1 aromatic carbocycles. The van der Waals surface area contributed by atoms with Crippen LogP contribution in [0, 0.1) is 0 Å². The molecule has 0 fully saturated rings. The minimum Gasteiger partial charge on any atom is -0.332 e. The number of amides is 1. The number of H-pyrrole nitrogens is 1. The number of hydrogen-bond donors (Lipinski definition) is 2. The molecule has 0 bridgehead atoms. The van der Waals surface area contributed by atoms with Gasteiger partial charge in [-0.2, -0.15) is 0 Å². The van der Waals surface area contributed by atoms with Crippen LogP contribution in [0.4, 0.5) is 11.5 Å². The number of aromatic amines is 1. The minimum atomic E-state index is 0.0584. The summed E-state index contributed by atoms with van der Waals surface area (Å²) in [6, 6.07) is 8.13. The predicted octanol–water partition coefficient (Wildman–Crippen LogP) is -0.271. The molecule has 2 heterocycles. The second kappa shape index (κ2) is 5.33. The number of fused-ring (bicyclic) bond motifs is 2. The summed E-state index contributed by atoms with van der Waals surface area (Å²) in [5.74, 6) is 1.17. The molecule has 1 aromatic heterocycles. The molecule has 0 atom stereocenters. The van der Waals surface area contributed by atoms with E-state index in [4.69, 9.17) is 0 Å². The van der Waals surface area contributed by atoms with E-state index in [-0.39, 0.29) is 5.91 Å². The zero-order valence-corrected chi connectivity index (χ0v) is 12.8. The van der Waals surface area contributed by atoms with Gasteiger partial charge in [-0.15, -0.1) is 0 Å². The lowest BCUT2D eigenvalue weighted by atomic mass is 10.1. The van der Waals surface area contributed by atoms with Crippen LogP contribution in [0.15, 0.2) is 24.3 Å². The molecule has 2 aromatic rings. The third-order valence-electron chi connectivity index (χ3n) is 3.89. The Morgan fingerprint density at radius 3 is 2.90 bits per heavy atom. The average molecular weight is 286 g/mol. The van der Waals surface area contributed by atoms with Crippen LogP contribution in [0.3, 0.4) is 0 Å². The van der Waals surface area contributed by atoms with Gasteiger partial charge in [0.1, 0.15) is 5.52 Å². The van der Waals surface area contributed by atoms with Crippen molar-refractivity contribution in [2.45, 2.75) is 6.42 Å². The Morgan fingerprint density at radius 1 is 1.38 bits per heavy atom. The maximum absolute atomic E-state index is 12.2. The Kier molecular flexibility index (Phi) is 3.51. The molecule has 21 heavy (non-hydrogen) atoms. The molecule has 0 saturated heterocycles. The number of pyridine rings is 1. The number of quaternary nitrogens is 1. The highest BCUT2D eigenvalue weighted by Crippen LogP contribution is 2.34. The van der Waals surface area contributed by atoms with E-state index in [9.17, 15) is 4.79 Å². The van der Waals surface area contributed by atoms with E-state index >= 15 is 0 Å². The SMILES string of the molecule is CN1CCc2c1[nH+]c1ccccc1c2NC(=O)C[NH+](C)C. The van der Waals surface area contributed by atoms with Gasteiger partial charge in [0.15, 0.2) is 6.54 Å². The smallest absolute Gasteiger partial charge is 0.280 e. The van der Waals surface area contributed by atoms with Crippen LogP contribution in [-0.4, -0.2) is 40.1 Å². The Balaban J connectivity index is 2.09. The van der Waals surface area contributed by atoms with E-state index in [2.05, 4.69) is 34.4 Å². The van der Waals surface area contributed by atoms with Gasteiger partial charge in [0.25, 0.3) is 11.7 Å². The van der Waals surface area contributed by atoms with Gasteiger partial charge in [0.2, 0.25) is 0 Å². The Bertz CT molecular complexity index is 696. The molecule has 110 valence electrons. The van der Waals surface area contributed by atoms with Crippen molar-refractivity contribution < 1.29 is 14.7 Å². The highest BCUT2D eigenvalue weighted by atomic mass is 16.2. The molecule has 3 rings (SSSR count). The summed E-state index contributed by atoms with van der Waals surface area (Å²) >= 11 is 0. The highest BCUT2D eigenvalue weighted by molar-refractivity contribution is 6.03. The van der Waals surface area contributed by atoms with E-state index in [1.54, 1.807) is 0 Å². The van der Waals surface area contributed by atoms with Crippen LogP contribution in [0.1, 0.15) is 5.56 Å². The molecule has 0 radical (unpaired) electrons. The lowest BCUT2D eigenvalue weighted by Crippen LogP contribution is -3.06. The minimum absolute atomic E-state index is 0.0584. The third-order valence-corrected chi connectivity index (χ3v) is 3.89. The number of hydrogen-bond acceptors (Lipinski definition) is 2. The molecule has 3 N–H and O–H groups in total. The zero-order chi connectivity index (χ0) is 15.0. The normalized spacial score (nSPS) is 13.8. The first-order valence-corrected chi connectivity index (χ1v) is 7.33. The lowest BCUT2D eigenvalue weighted by Gasteiger charge is -2.13. The molecular formula is C16H22N4O+2. The van der Waals surface area contributed by atoms with Crippen LogP contribution in [0.25, 0.3) is 10.9 Å². The van der Waals surface area contributed by atoms with E-state index in [1.807, 2.05) is 26.2 Å². The largest absolute Gasteiger partial charge is 0.332 e. The van der Waals surface area contributed by atoms with Crippen molar-refractivity contribution in [1.29, 1.82) is 0 Å². The van der Waals surface area contributed by atoms with Gasteiger partial charge in [-0.25, -0.2) is 4.98 Å². The van der Waals surface area contributed by atoms with Crippen molar-refractivity contribution in [3.8, 4) is 0 Å². The summed E-state index contributed by atoms with van der Waals surface area (Å²) in [6.45, 7) is 1.45. The Morgan fingerprint density at radius 2 is 2.14 bits per heavy atom. The number of aromatic nitrogens is 1. The first kappa shape index (κ1) is 13.8. The van der Waals surface area contributed by atoms with E-state index in [0.29, 0.717) is 6.54 Å². The number of nitrogens with one attached hydrogen (secondary N) is 3. The highest BCUT2D eigenvalue weighted by Gasteiger charge is 2.29. The second-order valence-corrected chi connectivity index (χ2v) is 5.98. The number of nitrogens with zero attached hydrogens (tertiary/aromatic N) is 1. The quantitative estimate of drug-likeness (QED) is 0.816. The third kappa shape index (κ3) is 2.56. The van der Waals surface area contributed by atoms with Crippen molar-refractivity contribution >= 4 is 28.3 Å². The van der Waals surface area contributed by atoms with Crippen molar-refractivity contribution in [3.63, 3.8) is 0 Å². The molecule has 0 unspecified atom stereocenters. The number of benzene rings is 1. The van der Waals surface area contributed by atoms with Crippen molar-refractivity contribution in [3.05, 3.63) is 29.8 Å². The molecule has 1 amide bonds. The fraction of sp³-hybridized carbons (Fsp3) is 0.375.